The molecule has 1 fully saturated rings. The molecule has 0 bridgehead atoms. The van der Waals surface area contributed by atoms with Crippen molar-refractivity contribution in [2.75, 3.05) is 0 Å². The van der Waals surface area contributed by atoms with E-state index in [0.29, 0.717) is 12.0 Å². The van der Waals surface area contributed by atoms with Gasteiger partial charge in [0.05, 0.1) is 12.2 Å². The highest BCUT2D eigenvalue weighted by atomic mass is 16.4. The smallest absolute Gasteiger partial charge is 0.328 e. The molecule has 0 spiro atoms. The number of carboxylic acids is 1. The summed E-state index contributed by atoms with van der Waals surface area (Å²) in [4.78, 5) is 10.6. The second-order valence-electron chi connectivity index (χ2n) is 6.16. The highest BCUT2D eigenvalue weighted by Crippen LogP contribution is 2.45. The molecule has 1 aliphatic rings. The van der Waals surface area contributed by atoms with E-state index >= 15 is 0 Å². The van der Waals surface area contributed by atoms with Crippen LogP contribution in [-0.4, -0.2) is 33.5 Å². The first-order valence-electron chi connectivity index (χ1n) is 6.61. The predicted octanol–water partition coefficient (Wildman–Crippen LogP) is 1.98. The Morgan fingerprint density at radius 2 is 1.89 bits per heavy atom. The number of allylic oxidation sites excluding steroid dienone is 3. The Hall–Kier alpha value is -1.13. The van der Waals surface area contributed by atoms with Crippen LogP contribution >= 0.6 is 0 Å². The van der Waals surface area contributed by atoms with Crippen LogP contribution in [0.4, 0.5) is 0 Å². The summed E-state index contributed by atoms with van der Waals surface area (Å²) >= 11 is 0. The monoisotopic (exact) mass is 268 g/mol. The molecule has 4 nitrogen and oxygen atoms in total. The van der Waals surface area contributed by atoms with Crippen LogP contribution in [0.1, 0.15) is 34.1 Å². The molecule has 0 aliphatic heterocycles. The molecule has 4 atom stereocenters. The fraction of sp³-hybridized carbons (Fsp3) is 0.667. The molecule has 0 aromatic rings. The van der Waals surface area contributed by atoms with E-state index in [2.05, 4.69) is 0 Å². The maximum atomic E-state index is 10.6. The van der Waals surface area contributed by atoms with Gasteiger partial charge in [0.2, 0.25) is 0 Å². The molecule has 1 saturated carbocycles. The van der Waals surface area contributed by atoms with Crippen molar-refractivity contribution in [3.8, 4) is 0 Å². The van der Waals surface area contributed by atoms with Crippen LogP contribution in [-0.2, 0) is 4.79 Å². The summed E-state index contributed by atoms with van der Waals surface area (Å²) in [6.07, 6.45) is 3.99. The second kappa shape index (κ2) is 5.88. The molecule has 0 aromatic heterocycles. The topological polar surface area (TPSA) is 77.8 Å². The molecular weight excluding hydrogens is 244 g/mol. The van der Waals surface area contributed by atoms with Crippen LogP contribution in [0.15, 0.2) is 23.8 Å². The summed E-state index contributed by atoms with van der Waals surface area (Å²) < 4.78 is 0. The van der Waals surface area contributed by atoms with Gasteiger partial charge in [-0.15, -0.1) is 0 Å². The van der Waals surface area contributed by atoms with Gasteiger partial charge in [0, 0.05) is 6.08 Å². The van der Waals surface area contributed by atoms with Gasteiger partial charge in [-0.2, -0.15) is 0 Å². The van der Waals surface area contributed by atoms with Gasteiger partial charge >= 0.3 is 5.97 Å². The summed E-state index contributed by atoms with van der Waals surface area (Å²) in [7, 11) is 0. The minimum absolute atomic E-state index is 0.100. The first kappa shape index (κ1) is 15.9. The zero-order valence-corrected chi connectivity index (χ0v) is 12.0. The summed E-state index contributed by atoms with van der Waals surface area (Å²) in [5.74, 6) is -0.626. The molecule has 0 unspecified atom stereocenters. The van der Waals surface area contributed by atoms with E-state index in [-0.39, 0.29) is 11.8 Å². The molecule has 1 rings (SSSR count). The van der Waals surface area contributed by atoms with Gasteiger partial charge in [-0.3, -0.25) is 0 Å². The third-order valence-electron chi connectivity index (χ3n) is 4.13. The SMILES string of the molecule is CC(=C/C(=O)O)/C=C/[C@@H]1[C@@H](C)C[C@@H](O)[C@@H](O)C1(C)C. The molecular formula is C15H24O4. The van der Waals surface area contributed by atoms with Gasteiger partial charge in [-0.25, -0.2) is 4.79 Å². The van der Waals surface area contributed by atoms with E-state index in [1.807, 2.05) is 26.8 Å². The summed E-state index contributed by atoms with van der Waals surface area (Å²) in [5, 5.41) is 28.6. The number of rotatable bonds is 3. The van der Waals surface area contributed by atoms with E-state index in [4.69, 9.17) is 5.11 Å². The molecule has 0 aromatic carbocycles. The average Bonchev–Trinajstić information content (AvgIpc) is 2.24. The van der Waals surface area contributed by atoms with E-state index in [1.54, 1.807) is 13.0 Å². The highest BCUT2D eigenvalue weighted by molar-refractivity contribution is 5.81. The van der Waals surface area contributed by atoms with Gasteiger partial charge in [-0.1, -0.05) is 32.9 Å². The van der Waals surface area contributed by atoms with Crippen LogP contribution in [0, 0.1) is 17.3 Å². The fourth-order valence-electron chi connectivity index (χ4n) is 3.02. The van der Waals surface area contributed by atoms with Gasteiger partial charge in [0.1, 0.15) is 0 Å². The summed E-state index contributed by atoms with van der Waals surface area (Å²) in [6, 6.07) is 0. The molecule has 3 N–H and O–H groups in total. The third kappa shape index (κ3) is 3.67. The molecule has 4 heteroatoms. The normalized spacial score (nSPS) is 35.6. The summed E-state index contributed by atoms with van der Waals surface area (Å²) in [5.41, 5.74) is 0.230. The van der Waals surface area contributed by atoms with Crippen LogP contribution in [0.3, 0.4) is 0 Å². The summed E-state index contributed by atoms with van der Waals surface area (Å²) in [6.45, 7) is 7.64. The van der Waals surface area contributed by atoms with Crippen molar-refractivity contribution in [1.29, 1.82) is 0 Å². The molecule has 0 heterocycles. The number of hydrogen-bond acceptors (Lipinski definition) is 3. The Morgan fingerprint density at radius 3 is 2.42 bits per heavy atom. The fourth-order valence-corrected chi connectivity index (χ4v) is 3.02. The van der Waals surface area contributed by atoms with Crippen molar-refractivity contribution in [3.63, 3.8) is 0 Å². The Labute approximate surface area is 114 Å². The number of aliphatic carboxylic acids is 1. The number of carbonyl (C=O) groups is 1. The lowest BCUT2D eigenvalue weighted by Crippen LogP contribution is -2.51. The first-order chi connectivity index (χ1) is 8.66. The van der Waals surface area contributed by atoms with Crippen molar-refractivity contribution in [3.05, 3.63) is 23.8 Å². The van der Waals surface area contributed by atoms with E-state index in [1.165, 1.54) is 0 Å². The Kier molecular flexibility index (Phi) is 4.93. The molecule has 108 valence electrons. The first-order valence-corrected chi connectivity index (χ1v) is 6.61. The minimum Gasteiger partial charge on any atom is -0.478 e. The lowest BCUT2D eigenvalue weighted by molar-refractivity contribution is -0.131. The number of aliphatic hydroxyl groups is 2. The number of aliphatic hydroxyl groups excluding tert-OH is 2. The predicted molar refractivity (Wildman–Crippen MR) is 73.6 cm³/mol. The van der Waals surface area contributed by atoms with Crippen LogP contribution in [0.25, 0.3) is 0 Å². The van der Waals surface area contributed by atoms with Crippen molar-refractivity contribution in [2.45, 2.75) is 46.3 Å². The van der Waals surface area contributed by atoms with Gasteiger partial charge in [0.15, 0.2) is 0 Å². The van der Waals surface area contributed by atoms with E-state index in [0.717, 1.165) is 6.08 Å². The Morgan fingerprint density at radius 1 is 1.32 bits per heavy atom. The quantitative estimate of drug-likeness (QED) is 0.540. The third-order valence-corrected chi connectivity index (χ3v) is 4.13. The van der Waals surface area contributed by atoms with Gasteiger partial charge < -0.3 is 15.3 Å². The van der Waals surface area contributed by atoms with Crippen molar-refractivity contribution >= 4 is 5.97 Å². The molecule has 0 amide bonds. The Balaban J connectivity index is 2.92. The average molecular weight is 268 g/mol. The van der Waals surface area contributed by atoms with Crippen LogP contribution < -0.4 is 0 Å². The van der Waals surface area contributed by atoms with E-state index < -0.39 is 23.6 Å². The number of carboxylic acid groups (broad SMARTS) is 1. The Bertz CT molecular complexity index is 395. The van der Waals surface area contributed by atoms with Crippen molar-refractivity contribution < 1.29 is 20.1 Å². The zero-order valence-electron chi connectivity index (χ0n) is 12.0. The van der Waals surface area contributed by atoms with Gasteiger partial charge in [0.25, 0.3) is 0 Å². The lowest BCUT2D eigenvalue weighted by Gasteiger charge is -2.47. The minimum atomic E-state index is -0.964. The number of hydrogen-bond donors (Lipinski definition) is 3. The van der Waals surface area contributed by atoms with E-state index in [9.17, 15) is 15.0 Å². The van der Waals surface area contributed by atoms with Crippen LogP contribution in [0.2, 0.25) is 0 Å². The molecule has 0 saturated heterocycles. The van der Waals surface area contributed by atoms with Crippen molar-refractivity contribution in [1.82, 2.24) is 0 Å². The van der Waals surface area contributed by atoms with Crippen LogP contribution in [0.5, 0.6) is 0 Å². The molecule has 0 radical (unpaired) electrons. The zero-order chi connectivity index (χ0) is 14.8. The maximum absolute atomic E-state index is 10.6. The lowest BCUT2D eigenvalue weighted by atomic mass is 9.61. The van der Waals surface area contributed by atoms with Crippen molar-refractivity contribution in [2.24, 2.45) is 17.3 Å². The largest absolute Gasteiger partial charge is 0.478 e. The maximum Gasteiger partial charge on any atom is 0.328 e. The second-order valence-corrected chi connectivity index (χ2v) is 6.16. The standard InChI is InChI=1S/C15H24O4/c1-9(7-13(17)18)5-6-11-10(2)8-12(16)14(19)15(11,3)4/h5-7,10-12,14,16,19H,8H2,1-4H3,(H,17,18)/b6-5+,9-7-/t10-,11+,12+,14+/m0/s1. The van der Waals surface area contributed by atoms with Gasteiger partial charge in [-0.05, 0) is 36.2 Å². The highest BCUT2D eigenvalue weighted by Gasteiger charge is 2.46. The molecule has 1 aliphatic carbocycles. The molecule has 19 heavy (non-hydrogen) atoms.